The van der Waals surface area contributed by atoms with E-state index in [1.54, 1.807) is 0 Å². The van der Waals surface area contributed by atoms with Gasteiger partial charge >= 0.3 is 6.18 Å². The Kier molecular flexibility index (Phi) is 4.15. The van der Waals surface area contributed by atoms with Crippen LogP contribution in [0.25, 0.3) is 11.4 Å². The van der Waals surface area contributed by atoms with Crippen molar-refractivity contribution in [1.82, 2.24) is 15.0 Å². The van der Waals surface area contributed by atoms with Crippen LogP contribution in [0.3, 0.4) is 0 Å². The molecule has 0 aromatic carbocycles. The highest BCUT2D eigenvalue weighted by Gasteiger charge is 2.28. The summed E-state index contributed by atoms with van der Waals surface area (Å²) in [7, 11) is 0. The topological polar surface area (TPSA) is 65.0 Å². The van der Waals surface area contributed by atoms with Gasteiger partial charge in [-0.05, 0) is 12.1 Å². The fraction of sp³-hybridized carbons (Fsp3) is 0.231. The van der Waals surface area contributed by atoms with Crippen molar-refractivity contribution in [2.24, 2.45) is 0 Å². The minimum atomic E-state index is -4.41. The summed E-state index contributed by atoms with van der Waals surface area (Å²) in [5.74, 6) is -0.304. The maximum absolute atomic E-state index is 12.0. The zero-order chi connectivity index (χ0) is 15.5. The van der Waals surface area contributed by atoms with Crippen molar-refractivity contribution in [2.75, 3.05) is 6.61 Å². The molecule has 0 radical (unpaired) electrons. The average Bonchev–Trinajstić information content (AvgIpc) is 2.45. The number of hydrogen-bond donors (Lipinski definition) is 0. The Morgan fingerprint density at radius 3 is 2.48 bits per heavy atom. The molecule has 0 spiro atoms. The maximum atomic E-state index is 12.0. The van der Waals surface area contributed by atoms with E-state index >= 15 is 0 Å². The number of Topliss-reactive ketones (excluding diaryl/α,β-unsaturated/α-hetero) is 1. The second kappa shape index (κ2) is 5.86. The minimum Gasteiger partial charge on any atom is -0.483 e. The van der Waals surface area contributed by atoms with E-state index in [1.807, 2.05) is 0 Å². The van der Waals surface area contributed by atoms with Crippen LogP contribution in [-0.2, 0) is 0 Å². The molecule has 2 aromatic heterocycles. The highest BCUT2D eigenvalue weighted by molar-refractivity contribution is 5.97. The summed E-state index contributed by atoms with van der Waals surface area (Å²) in [5.41, 5.74) is 0.744. The largest absolute Gasteiger partial charge is 0.483 e. The number of carbonyl (C=O) groups excluding carboxylic acids is 1. The van der Waals surface area contributed by atoms with Crippen LogP contribution < -0.4 is 4.74 Å². The number of ether oxygens (including phenoxy) is 1. The molecule has 21 heavy (non-hydrogen) atoms. The van der Waals surface area contributed by atoms with E-state index in [1.165, 1.54) is 31.5 Å². The normalized spacial score (nSPS) is 11.2. The number of alkyl halides is 3. The Hall–Kier alpha value is -2.51. The third-order valence-electron chi connectivity index (χ3n) is 2.41. The number of ketones is 1. The molecule has 0 atom stereocenters. The predicted molar refractivity (Wildman–Crippen MR) is 66.8 cm³/mol. The Labute approximate surface area is 117 Å². The molecular weight excluding hydrogens is 287 g/mol. The van der Waals surface area contributed by atoms with Gasteiger partial charge in [0.25, 0.3) is 0 Å². The molecule has 0 aliphatic rings. The van der Waals surface area contributed by atoms with E-state index in [0.717, 1.165) is 6.20 Å². The van der Waals surface area contributed by atoms with Crippen molar-refractivity contribution in [3.63, 3.8) is 0 Å². The van der Waals surface area contributed by atoms with Gasteiger partial charge < -0.3 is 4.74 Å². The third kappa shape index (κ3) is 3.98. The van der Waals surface area contributed by atoms with E-state index < -0.39 is 12.8 Å². The molecule has 110 valence electrons. The van der Waals surface area contributed by atoms with Gasteiger partial charge in [-0.2, -0.15) is 13.2 Å². The lowest BCUT2D eigenvalue weighted by Crippen LogP contribution is -2.19. The molecular formula is C13H10F3N3O2. The van der Waals surface area contributed by atoms with Crippen molar-refractivity contribution in [1.29, 1.82) is 0 Å². The quantitative estimate of drug-likeness (QED) is 0.812. The lowest BCUT2D eigenvalue weighted by molar-refractivity contribution is -0.153. The molecule has 0 bridgehead atoms. The van der Waals surface area contributed by atoms with E-state index in [9.17, 15) is 18.0 Å². The van der Waals surface area contributed by atoms with E-state index in [4.69, 9.17) is 0 Å². The van der Waals surface area contributed by atoms with Crippen LogP contribution in [0.1, 0.15) is 17.4 Å². The number of halogens is 3. The fourth-order valence-electron chi connectivity index (χ4n) is 1.55. The second-order valence-corrected chi connectivity index (χ2v) is 4.09. The molecule has 0 aliphatic carbocycles. The van der Waals surface area contributed by atoms with Crippen LogP contribution in [0.15, 0.2) is 30.7 Å². The lowest BCUT2D eigenvalue weighted by Gasteiger charge is -2.09. The first-order valence-electron chi connectivity index (χ1n) is 5.85. The minimum absolute atomic E-state index is 0.0238. The first-order chi connectivity index (χ1) is 9.87. The van der Waals surface area contributed by atoms with Gasteiger partial charge in [0.2, 0.25) is 0 Å². The zero-order valence-electron chi connectivity index (χ0n) is 10.9. The van der Waals surface area contributed by atoms with Crippen LogP contribution in [0.5, 0.6) is 5.75 Å². The fourth-order valence-corrected chi connectivity index (χ4v) is 1.55. The molecule has 8 heteroatoms. The summed E-state index contributed by atoms with van der Waals surface area (Å²) in [6.45, 7) is -0.0494. The van der Waals surface area contributed by atoms with Gasteiger partial charge in [-0.3, -0.25) is 14.8 Å². The van der Waals surface area contributed by atoms with Crippen LogP contribution in [0.2, 0.25) is 0 Å². The van der Waals surface area contributed by atoms with Crippen molar-refractivity contribution >= 4 is 5.78 Å². The Morgan fingerprint density at radius 1 is 1.19 bits per heavy atom. The Morgan fingerprint density at radius 2 is 1.90 bits per heavy atom. The molecule has 0 saturated carbocycles. The number of hydrogen-bond acceptors (Lipinski definition) is 5. The van der Waals surface area contributed by atoms with Gasteiger partial charge in [0.15, 0.2) is 12.4 Å². The SMILES string of the molecule is CC(=O)c1nccnc1-c1ccc(OCC(F)(F)F)cn1. The molecule has 0 fully saturated rings. The number of carbonyl (C=O) groups is 1. The average molecular weight is 297 g/mol. The number of nitrogens with zero attached hydrogens (tertiary/aromatic N) is 3. The van der Waals surface area contributed by atoms with Crippen LogP contribution in [0.4, 0.5) is 13.2 Å². The van der Waals surface area contributed by atoms with Gasteiger partial charge in [0, 0.05) is 19.3 Å². The zero-order valence-corrected chi connectivity index (χ0v) is 10.9. The summed E-state index contributed by atoms with van der Waals surface area (Å²) in [6, 6.07) is 2.74. The number of pyridine rings is 1. The van der Waals surface area contributed by atoms with Gasteiger partial charge in [-0.25, -0.2) is 4.98 Å². The van der Waals surface area contributed by atoms with Crippen LogP contribution in [-0.4, -0.2) is 33.5 Å². The van der Waals surface area contributed by atoms with E-state index in [2.05, 4.69) is 19.7 Å². The number of rotatable bonds is 4. The molecule has 2 aromatic rings. The van der Waals surface area contributed by atoms with Gasteiger partial charge in [0.1, 0.15) is 17.1 Å². The van der Waals surface area contributed by atoms with Gasteiger partial charge in [0.05, 0.1) is 11.9 Å². The summed E-state index contributed by atoms with van der Waals surface area (Å²) in [6.07, 6.45) is -0.496. The second-order valence-electron chi connectivity index (χ2n) is 4.09. The summed E-state index contributed by atoms with van der Waals surface area (Å²) >= 11 is 0. The summed E-state index contributed by atoms with van der Waals surface area (Å²) in [4.78, 5) is 23.3. The van der Waals surface area contributed by atoms with Gasteiger partial charge in [-0.15, -0.1) is 0 Å². The summed E-state index contributed by atoms with van der Waals surface area (Å²) in [5, 5.41) is 0. The van der Waals surface area contributed by atoms with Crippen LogP contribution >= 0.6 is 0 Å². The lowest BCUT2D eigenvalue weighted by atomic mass is 10.1. The maximum Gasteiger partial charge on any atom is 0.422 e. The third-order valence-corrected chi connectivity index (χ3v) is 2.41. The molecule has 0 unspecified atom stereocenters. The molecule has 5 nitrogen and oxygen atoms in total. The van der Waals surface area contributed by atoms with Crippen LogP contribution in [0, 0.1) is 0 Å². The highest BCUT2D eigenvalue weighted by atomic mass is 19.4. The standard InChI is InChI=1S/C13H10F3N3O2/c1-8(20)11-12(18-5-4-17-11)10-3-2-9(6-19-10)21-7-13(14,15)16/h2-6H,7H2,1H3. The molecule has 0 N–H and O–H groups in total. The smallest absolute Gasteiger partial charge is 0.422 e. The highest BCUT2D eigenvalue weighted by Crippen LogP contribution is 2.22. The molecule has 0 saturated heterocycles. The molecule has 0 aliphatic heterocycles. The monoisotopic (exact) mass is 297 g/mol. The predicted octanol–water partition coefficient (Wildman–Crippen LogP) is 2.68. The Balaban J connectivity index is 2.22. The van der Waals surface area contributed by atoms with Crippen molar-refractivity contribution in [3.8, 4) is 17.1 Å². The van der Waals surface area contributed by atoms with Gasteiger partial charge in [-0.1, -0.05) is 0 Å². The van der Waals surface area contributed by atoms with Crippen molar-refractivity contribution < 1.29 is 22.7 Å². The van der Waals surface area contributed by atoms with E-state index in [-0.39, 0.29) is 22.9 Å². The molecule has 0 amide bonds. The number of aromatic nitrogens is 3. The first kappa shape index (κ1) is 14.9. The Bertz CT molecular complexity index is 642. The molecule has 2 heterocycles. The van der Waals surface area contributed by atoms with Crippen molar-refractivity contribution in [2.45, 2.75) is 13.1 Å². The van der Waals surface area contributed by atoms with E-state index in [0.29, 0.717) is 5.69 Å². The summed E-state index contributed by atoms with van der Waals surface area (Å²) < 4.78 is 40.6. The van der Waals surface area contributed by atoms with Crippen molar-refractivity contribution in [3.05, 3.63) is 36.4 Å². The first-order valence-corrected chi connectivity index (χ1v) is 5.85. The molecule has 2 rings (SSSR count).